The molecule has 0 bridgehead atoms. The molecule has 0 radical (unpaired) electrons. The Morgan fingerprint density at radius 1 is 1.75 bits per heavy atom. The normalized spacial score (nSPS) is 3.00. The van der Waals surface area contributed by atoms with Crippen molar-refractivity contribution in [2.45, 2.75) is 0 Å². The summed E-state index contributed by atoms with van der Waals surface area (Å²) in [6.45, 7) is 0. The van der Waals surface area contributed by atoms with Crippen LogP contribution in [0.5, 0.6) is 0 Å². The van der Waals surface area contributed by atoms with Gasteiger partial charge in [-0.15, -0.1) is 5.34 Å². The molecule has 0 spiro atoms. The molecule has 0 N–H and O–H groups in total. The number of rotatable bonds is 0. The summed E-state index contributed by atoms with van der Waals surface area (Å²) in [5.41, 5.74) is 0. The smallest absolute Gasteiger partial charge is 0.444 e. The van der Waals surface area contributed by atoms with Gasteiger partial charge in [0.05, 0.1) is 0 Å². The Kier molecular flexibility index (Phi) is 22.1. The molecule has 0 aliphatic carbocycles. The van der Waals surface area contributed by atoms with Crippen molar-refractivity contribution >= 4 is 0 Å². The van der Waals surface area contributed by atoms with Crippen LogP contribution >= 0.6 is 0 Å². The minimum atomic E-state index is 0. The standard InChI is InChI=1S/HNO2.Na/c2-1-3;/h(H,2,3);/q;+1/p-1/i1+1;. The molecule has 0 rings (SSSR count). The minimum absolute atomic E-state index is 0. The number of hydrogen-bond acceptors (Lipinski definition) is 3. The fourth-order valence-corrected chi connectivity index (χ4v) is 0. The first kappa shape index (κ1) is 8.83. The Hall–Kier alpha value is 0.400. The molecule has 18 valence electrons. The van der Waals surface area contributed by atoms with Gasteiger partial charge in [0, 0.05) is 0 Å². The molecule has 0 aliphatic heterocycles. The van der Waals surface area contributed by atoms with Crippen molar-refractivity contribution in [3.8, 4) is 0 Å². The van der Waals surface area contributed by atoms with Gasteiger partial charge in [-0.3, -0.25) is 0 Å². The third-order valence-corrected chi connectivity index (χ3v) is 0. The number of hydrogen-bond donors (Lipinski definition) is 0. The molecule has 0 amide bonds. The number of nitrogens with zero attached hydrogens (tertiary/aromatic N) is 1. The van der Waals surface area contributed by atoms with Gasteiger partial charge in [0.2, 0.25) is 0 Å². The van der Waals surface area contributed by atoms with Gasteiger partial charge >= 0.3 is 29.6 Å². The first-order chi connectivity index (χ1) is 1.41. The van der Waals surface area contributed by atoms with E-state index in [0.717, 1.165) is 5.34 Å². The Labute approximate surface area is 45.2 Å². The second-order valence-electron chi connectivity index (χ2n) is 0.0745. The van der Waals surface area contributed by atoms with E-state index in [2.05, 4.69) is 0 Å². The van der Waals surface area contributed by atoms with Gasteiger partial charge in [0.15, 0.2) is 0 Å². The Morgan fingerprint density at radius 2 is 1.75 bits per heavy atom. The second-order valence-corrected chi connectivity index (χ2v) is 0.0745. The molecule has 0 aromatic rings. The summed E-state index contributed by atoms with van der Waals surface area (Å²) in [6.07, 6.45) is 0. The van der Waals surface area contributed by atoms with Gasteiger partial charge in [-0.25, -0.2) is 0 Å². The van der Waals surface area contributed by atoms with E-state index in [1.807, 2.05) is 0 Å². The van der Waals surface area contributed by atoms with E-state index >= 15 is 0 Å². The van der Waals surface area contributed by atoms with E-state index in [-0.39, 0.29) is 29.6 Å². The van der Waals surface area contributed by atoms with Crippen LogP contribution in [-0.4, -0.2) is 0 Å². The summed E-state index contributed by atoms with van der Waals surface area (Å²) in [5.74, 6) is 0. The molecule has 0 aromatic carbocycles. The predicted molar refractivity (Wildman–Crippen MR) is 9.16 cm³/mol. The van der Waals surface area contributed by atoms with Crippen molar-refractivity contribution in [1.82, 2.24) is 0 Å². The SMILES string of the molecule is O=[15N][O-].[Na+]. The van der Waals surface area contributed by atoms with E-state index in [0.29, 0.717) is 0 Å². The van der Waals surface area contributed by atoms with Crippen molar-refractivity contribution in [2.75, 3.05) is 0 Å². The third-order valence-electron chi connectivity index (χ3n) is 0. The van der Waals surface area contributed by atoms with E-state index in [1.165, 1.54) is 0 Å². The van der Waals surface area contributed by atoms with Crippen molar-refractivity contribution in [2.24, 2.45) is 5.34 Å². The predicted octanol–water partition coefficient (Wildman–Crippen LogP) is -2.75. The van der Waals surface area contributed by atoms with Crippen LogP contribution in [0.1, 0.15) is 0 Å². The molecule has 0 saturated heterocycles. The fourth-order valence-electron chi connectivity index (χ4n) is 0. The van der Waals surface area contributed by atoms with Crippen LogP contribution in [0.15, 0.2) is 5.34 Å². The average Bonchev–Trinajstić information content (AvgIpc) is 0.918. The van der Waals surface area contributed by atoms with Crippen LogP contribution in [0.3, 0.4) is 0 Å². The van der Waals surface area contributed by atoms with Crippen LogP contribution in [0.2, 0.25) is 0 Å². The monoisotopic (exact) mass is 70.0 g/mol. The molecule has 3 nitrogen and oxygen atoms in total. The van der Waals surface area contributed by atoms with Gasteiger partial charge < -0.3 is 10.1 Å². The molecule has 0 saturated carbocycles. The molecule has 0 fully saturated rings. The second kappa shape index (κ2) is 9.99. The molecule has 0 atom stereocenters. The average molecular weight is 70.0 g/mol. The summed E-state index contributed by atoms with van der Waals surface area (Å²) in [7, 11) is 0. The zero-order chi connectivity index (χ0) is 2.71. The van der Waals surface area contributed by atoms with Crippen molar-refractivity contribution in [1.29, 1.82) is 0 Å². The Balaban J connectivity index is 0. The van der Waals surface area contributed by atoms with Gasteiger partial charge in [-0.1, -0.05) is 0 Å². The van der Waals surface area contributed by atoms with Crippen LogP contribution < -0.4 is 29.6 Å². The van der Waals surface area contributed by atoms with E-state index in [1.54, 1.807) is 0 Å². The van der Waals surface area contributed by atoms with Gasteiger partial charge in [0.1, 0.15) is 0 Å². The summed E-state index contributed by atoms with van der Waals surface area (Å²) in [5, 5.41) is 9.00. The molecule has 0 heterocycles. The molecule has 0 unspecified atom stereocenters. The van der Waals surface area contributed by atoms with E-state index in [9.17, 15) is 0 Å². The van der Waals surface area contributed by atoms with E-state index in [4.69, 9.17) is 10.1 Å². The summed E-state index contributed by atoms with van der Waals surface area (Å²) in [4.78, 5) is 8.00. The molecular formula is NNaO2. The Bertz CT molecular complexity index is 13.5. The van der Waals surface area contributed by atoms with Gasteiger partial charge in [0.25, 0.3) is 0 Å². The molecular weight excluding hydrogens is 70.0 g/mol. The largest absolute Gasteiger partial charge is 1.00 e. The van der Waals surface area contributed by atoms with Gasteiger partial charge in [-0.05, 0) is 0 Å². The maximum absolute atomic E-state index is 8.00. The van der Waals surface area contributed by atoms with Crippen LogP contribution in [0, 0.1) is 10.1 Å². The zero-order valence-corrected chi connectivity index (χ0v) is 4.26. The molecule has 4 heteroatoms. The fraction of sp³-hybridized carbons (Fsp3) is 0. The maximum atomic E-state index is 8.00. The quantitative estimate of drug-likeness (QED) is 0.134. The third kappa shape index (κ3) is 29.4. The maximum Gasteiger partial charge on any atom is 1.00 e. The van der Waals surface area contributed by atoms with Crippen LogP contribution in [-0.2, 0) is 0 Å². The molecule has 4 heavy (non-hydrogen) atoms. The Morgan fingerprint density at radius 3 is 1.75 bits per heavy atom. The molecule has 0 aromatic heterocycles. The zero-order valence-electron chi connectivity index (χ0n) is 2.26. The van der Waals surface area contributed by atoms with Crippen molar-refractivity contribution in [3.63, 3.8) is 0 Å². The first-order valence-electron chi connectivity index (χ1n) is 0.365. The summed E-state index contributed by atoms with van der Waals surface area (Å²) < 4.78 is 0. The van der Waals surface area contributed by atoms with Crippen LogP contribution in [0.25, 0.3) is 0 Å². The summed E-state index contributed by atoms with van der Waals surface area (Å²) in [6, 6.07) is 0. The van der Waals surface area contributed by atoms with E-state index < -0.39 is 0 Å². The first-order valence-corrected chi connectivity index (χ1v) is 0.365. The van der Waals surface area contributed by atoms with Crippen LogP contribution in [0.4, 0.5) is 0 Å². The topological polar surface area (TPSA) is 52.5 Å². The minimum Gasteiger partial charge on any atom is -0.444 e. The van der Waals surface area contributed by atoms with Gasteiger partial charge in [-0.2, -0.15) is 0 Å². The molecule has 0 aliphatic rings. The van der Waals surface area contributed by atoms with Crippen molar-refractivity contribution in [3.05, 3.63) is 10.1 Å². The van der Waals surface area contributed by atoms with Crippen molar-refractivity contribution < 1.29 is 29.6 Å². The summed E-state index contributed by atoms with van der Waals surface area (Å²) >= 11 is 0.